The molecule has 0 spiro atoms. The van der Waals surface area contributed by atoms with Gasteiger partial charge in [0.2, 0.25) is 0 Å². The van der Waals surface area contributed by atoms with Gasteiger partial charge in [0, 0.05) is 10.0 Å². The zero-order valence-corrected chi connectivity index (χ0v) is 17.2. The number of carbonyl (C=O) groups is 1. The number of hydrazone groups is 1. The van der Waals surface area contributed by atoms with Crippen molar-refractivity contribution in [2.75, 3.05) is 14.2 Å². The number of nitrogens with zero attached hydrogens (tertiary/aromatic N) is 2. The summed E-state index contributed by atoms with van der Waals surface area (Å²) in [7, 11) is 3.14. The lowest BCUT2D eigenvalue weighted by Gasteiger charge is -2.08. The highest BCUT2D eigenvalue weighted by Gasteiger charge is 2.13. The first-order valence-electron chi connectivity index (χ1n) is 8.40. The zero-order chi connectivity index (χ0) is 20.1. The van der Waals surface area contributed by atoms with E-state index >= 15 is 0 Å². The summed E-state index contributed by atoms with van der Waals surface area (Å²) < 4.78 is 11.5. The number of aromatic amines is 1. The molecule has 1 aromatic heterocycles. The lowest BCUT2D eigenvalue weighted by Crippen LogP contribution is -2.19. The molecule has 28 heavy (non-hydrogen) atoms. The molecule has 0 fully saturated rings. The van der Waals surface area contributed by atoms with Crippen LogP contribution in [0.4, 0.5) is 0 Å². The van der Waals surface area contributed by atoms with Crippen LogP contribution in [-0.2, 0) is 0 Å². The number of rotatable bonds is 6. The second-order valence-electron chi connectivity index (χ2n) is 5.88. The van der Waals surface area contributed by atoms with Gasteiger partial charge in [-0.3, -0.25) is 9.89 Å². The minimum absolute atomic E-state index is 0.303. The fourth-order valence-corrected chi connectivity index (χ4v) is 2.80. The highest BCUT2D eigenvalue weighted by Crippen LogP contribution is 2.31. The van der Waals surface area contributed by atoms with E-state index in [1.165, 1.54) is 0 Å². The van der Waals surface area contributed by atoms with Crippen LogP contribution < -0.4 is 14.9 Å². The van der Waals surface area contributed by atoms with Crippen molar-refractivity contribution >= 4 is 27.5 Å². The summed E-state index contributed by atoms with van der Waals surface area (Å²) in [4.78, 5) is 12.4. The number of ether oxygens (including phenoxy) is 2. The van der Waals surface area contributed by atoms with E-state index in [-0.39, 0.29) is 5.91 Å². The second-order valence-corrected chi connectivity index (χ2v) is 6.80. The van der Waals surface area contributed by atoms with Gasteiger partial charge in [0.25, 0.3) is 5.91 Å². The molecule has 3 rings (SSSR count). The van der Waals surface area contributed by atoms with Gasteiger partial charge < -0.3 is 9.47 Å². The molecule has 0 unspecified atom stereocenters. The molecule has 0 saturated heterocycles. The normalized spacial score (nSPS) is 11.2. The Hall–Kier alpha value is -3.13. The Kier molecular flexibility index (Phi) is 6.10. The molecule has 1 amide bonds. The molecule has 2 aromatic carbocycles. The first-order valence-corrected chi connectivity index (χ1v) is 9.19. The van der Waals surface area contributed by atoms with Gasteiger partial charge in [-0.2, -0.15) is 10.2 Å². The van der Waals surface area contributed by atoms with E-state index in [0.717, 1.165) is 15.6 Å². The molecule has 144 valence electrons. The fourth-order valence-electron chi connectivity index (χ4n) is 2.53. The van der Waals surface area contributed by atoms with Gasteiger partial charge in [-0.05, 0) is 48.9 Å². The molecule has 1 heterocycles. The number of benzene rings is 2. The maximum absolute atomic E-state index is 12.4. The van der Waals surface area contributed by atoms with Gasteiger partial charge in [0.05, 0.1) is 25.6 Å². The number of nitrogens with one attached hydrogen (secondary N) is 2. The minimum Gasteiger partial charge on any atom is -0.493 e. The maximum atomic E-state index is 12.4. The molecule has 0 aliphatic carbocycles. The third-order valence-electron chi connectivity index (χ3n) is 4.09. The van der Waals surface area contributed by atoms with E-state index < -0.39 is 0 Å². The molecule has 8 heteroatoms. The monoisotopic (exact) mass is 442 g/mol. The van der Waals surface area contributed by atoms with E-state index in [0.29, 0.717) is 28.6 Å². The number of halogens is 1. The number of methoxy groups -OCH3 is 2. The van der Waals surface area contributed by atoms with Crippen molar-refractivity contribution in [2.45, 2.75) is 6.92 Å². The standard InChI is InChI=1S/C20H19BrN4O3/c1-12(13-4-7-15(21)8-5-13)22-25-20(26)17-11-16(23-24-17)14-6-9-18(27-2)19(10-14)28-3/h4-11H,1-3H3,(H,23,24)(H,25,26)/b22-12+. The molecule has 7 nitrogen and oxygen atoms in total. The van der Waals surface area contributed by atoms with Crippen molar-refractivity contribution < 1.29 is 14.3 Å². The van der Waals surface area contributed by atoms with Crippen LogP contribution in [0.1, 0.15) is 23.0 Å². The molecule has 2 N–H and O–H groups in total. The van der Waals surface area contributed by atoms with Gasteiger partial charge in [-0.1, -0.05) is 28.1 Å². The third-order valence-corrected chi connectivity index (χ3v) is 4.62. The molecular formula is C20H19BrN4O3. The number of aromatic nitrogens is 2. The number of H-pyrrole nitrogens is 1. The summed E-state index contributed by atoms with van der Waals surface area (Å²) >= 11 is 3.39. The van der Waals surface area contributed by atoms with Crippen LogP contribution in [-0.4, -0.2) is 36.0 Å². The van der Waals surface area contributed by atoms with Gasteiger partial charge in [0.15, 0.2) is 11.5 Å². The molecule has 0 radical (unpaired) electrons. The van der Waals surface area contributed by atoms with Gasteiger partial charge >= 0.3 is 0 Å². The second kappa shape index (κ2) is 8.71. The largest absolute Gasteiger partial charge is 0.493 e. The number of hydrogen-bond donors (Lipinski definition) is 2. The topological polar surface area (TPSA) is 88.6 Å². The van der Waals surface area contributed by atoms with Gasteiger partial charge in [-0.15, -0.1) is 0 Å². The molecular weight excluding hydrogens is 424 g/mol. The average molecular weight is 443 g/mol. The van der Waals surface area contributed by atoms with Gasteiger partial charge in [-0.25, -0.2) is 5.43 Å². The van der Waals surface area contributed by atoms with Crippen molar-refractivity contribution in [1.29, 1.82) is 0 Å². The van der Waals surface area contributed by atoms with E-state index in [1.807, 2.05) is 37.3 Å². The molecule has 0 aliphatic heterocycles. The Balaban J connectivity index is 1.73. The molecule has 0 bridgehead atoms. The Bertz CT molecular complexity index is 1010. The molecule has 0 aliphatic rings. The van der Waals surface area contributed by atoms with Crippen LogP contribution in [0.2, 0.25) is 0 Å². The highest BCUT2D eigenvalue weighted by molar-refractivity contribution is 9.10. The quantitative estimate of drug-likeness (QED) is 0.445. The van der Waals surface area contributed by atoms with Crippen LogP contribution >= 0.6 is 15.9 Å². The maximum Gasteiger partial charge on any atom is 0.289 e. The van der Waals surface area contributed by atoms with Crippen molar-refractivity contribution in [3.8, 4) is 22.8 Å². The Morgan fingerprint density at radius 3 is 2.46 bits per heavy atom. The fraction of sp³-hybridized carbons (Fsp3) is 0.150. The van der Waals surface area contributed by atoms with Crippen LogP contribution in [0.3, 0.4) is 0 Å². The zero-order valence-electron chi connectivity index (χ0n) is 15.6. The van der Waals surface area contributed by atoms with Crippen molar-refractivity contribution in [3.63, 3.8) is 0 Å². The first kappa shape index (κ1) is 19.6. The Morgan fingerprint density at radius 2 is 1.79 bits per heavy atom. The van der Waals surface area contributed by atoms with Crippen molar-refractivity contribution in [2.24, 2.45) is 5.10 Å². The van der Waals surface area contributed by atoms with Crippen LogP contribution in [0.15, 0.2) is 58.1 Å². The molecule has 3 aromatic rings. The van der Waals surface area contributed by atoms with E-state index in [9.17, 15) is 4.79 Å². The van der Waals surface area contributed by atoms with Crippen LogP contribution in [0.25, 0.3) is 11.3 Å². The number of amides is 1. The van der Waals surface area contributed by atoms with Crippen LogP contribution in [0.5, 0.6) is 11.5 Å². The smallest absolute Gasteiger partial charge is 0.289 e. The predicted octanol–water partition coefficient (Wildman–Crippen LogP) is 4.01. The summed E-state index contributed by atoms with van der Waals surface area (Å²) in [6.45, 7) is 1.82. The Morgan fingerprint density at radius 1 is 1.07 bits per heavy atom. The summed E-state index contributed by atoms with van der Waals surface area (Å²) in [5.41, 5.74) is 5.86. The lowest BCUT2D eigenvalue weighted by molar-refractivity contribution is 0.0950. The van der Waals surface area contributed by atoms with Crippen molar-refractivity contribution in [3.05, 3.63) is 64.3 Å². The summed E-state index contributed by atoms with van der Waals surface area (Å²) in [6, 6.07) is 14.7. The number of hydrogen-bond acceptors (Lipinski definition) is 5. The van der Waals surface area contributed by atoms with Crippen molar-refractivity contribution in [1.82, 2.24) is 15.6 Å². The van der Waals surface area contributed by atoms with E-state index in [2.05, 4.69) is 36.7 Å². The summed E-state index contributed by atoms with van der Waals surface area (Å²) in [5, 5.41) is 11.1. The highest BCUT2D eigenvalue weighted by atomic mass is 79.9. The third kappa shape index (κ3) is 4.40. The van der Waals surface area contributed by atoms with E-state index in [4.69, 9.17) is 9.47 Å². The molecule has 0 saturated carbocycles. The first-order chi connectivity index (χ1) is 13.5. The Labute approximate surface area is 170 Å². The predicted molar refractivity (Wildman–Crippen MR) is 111 cm³/mol. The average Bonchev–Trinajstić information content (AvgIpc) is 3.22. The van der Waals surface area contributed by atoms with Crippen LogP contribution in [0, 0.1) is 0 Å². The summed E-state index contributed by atoms with van der Waals surface area (Å²) in [5.74, 6) is 0.830. The lowest BCUT2D eigenvalue weighted by atomic mass is 10.1. The number of carbonyl (C=O) groups excluding carboxylic acids is 1. The SMILES string of the molecule is COc1ccc(-c2cc(C(=O)N/N=C(\C)c3ccc(Br)cc3)[nH]n2)cc1OC. The van der Waals surface area contributed by atoms with E-state index in [1.54, 1.807) is 32.4 Å². The summed E-state index contributed by atoms with van der Waals surface area (Å²) in [6.07, 6.45) is 0. The minimum atomic E-state index is -0.379. The van der Waals surface area contributed by atoms with Gasteiger partial charge in [0.1, 0.15) is 5.69 Å². The molecule has 0 atom stereocenters.